The zero-order valence-electron chi connectivity index (χ0n) is 24.5. The van der Waals surface area contributed by atoms with Gasteiger partial charge in [0.05, 0.1) is 5.56 Å². The first-order valence-corrected chi connectivity index (χ1v) is 14.9. The van der Waals surface area contributed by atoms with Crippen molar-refractivity contribution < 1.29 is 19.1 Å². The number of ketones is 1. The van der Waals surface area contributed by atoms with Crippen LogP contribution in [0.15, 0.2) is 97.1 Å². The molecule has 0 aliphatic heterocycles. The van der Waals surface area contributed by atoms with E-state index >= 15 is 0 Å². The van der Waals surface area contributed by atoms with Crippen molar-refractivity contribution in [1.82, 2.24) is 0 Å². The molecule has 0 radical (unpaired) electrons. The molecule has 0 bridgehead atoms. The number of ether oxygens (including phenoxy) is 2. The minimum absolute atomic E-state index is 0.164. The molecule has 6 heteroatoms. The lowest BCUT2D eigenvalue weighted by Crippen LogP contribution is -2.12. The Morgan fingerprint density at radius 3 is 2.00 bits per heavy atom. The van der Waals surface area contributed by atoms with Crippen LogP contribution in [-0.2, 0) is 6.61 Å². The number of esters is 1. The van der Waals surface area contributed by atoms with Gasteiger partial charge < -0.3 is 20.9 Å². The van der Waals surface area contributed by atoms with E-state index in [2.05, 4.69) is 19.1 Å². The summed E-state index contributed by atoms with van der Waals surface area (Å²) in [4.78, 5) is 25.4. The van der Waals surface area contributed by atoms with Crippen molar-refractivity contribution in [3.8, 4) is 11.5 Å². The topological polar surface area (TPSA) is 105 Å². The predicted octanol–water partition coefficient (Wildman–Crippen LogP) is 8.23. The van der Waals surface area contributed by atoms with Gasteiger partial charge in [-0.2, -0.15) is 0 Å². The molecule has 0 unspecified atom stereocenters. The van der Waals surface area contributed by atoms with E-state index in [4.69, 9.17) is 20.9 Å². The first kappa shape index (κ1) is 29.6. The number of nitrogens with two attached hydrogens (primary N) is 2. The summed E-state index contributed by atoms with van der Waals surface area (Å²) in [7, 11) is 0. The van der Waals surface area contributed by atoms with Gasteiger partial charge in [0.2, 0.25) is 0 Å². The molecule has 0 amide bonds. The second-order valence-electron chi connectivity index (χ2n) is 11.2. The Hall–Kier alpha value is -4.84. The summed E-state index contributed by atoms with van der Waals surface area (Å²) in [6.07, 6.45) is 9.54. The van der Waals surface area contributed by atoms with Crippen molar-refractivity contribution in [2.24, 2.45) is 5.92 Å². The standard InChI is InChI=1S/C37H38N2O4/c1-2-25-3-8-28(9-4-25)29-14-18-35(19-15-29)43-37(41)31-12-10-30(11-13-31)36(40)20-7-26-5-16-34(17-6-26)42-24-27-21-32(38)23-33(39)22-27/h5-7,10-23,25,28H,2-4,8-9,24,38-39H2,1H3/b20-7+. The Morgan fingerprint density at radius 1 is 0.767 bits per heavy atom. The number of rotatable bonds is 10. The van der Waals surface area contributed by atoms with E-state index in [1.807, 2.05) is 48.5 Å². The molecule has 5 rings (SSSR count). The number of allylic oxidation sites excluding steroid dienone is 1. The largest absolute Gasteiger partial charge is 0.489 e. The fourth-order valence-corrected chi connectivity index (χ4v) is 5.59. The van der Waals surface area contributed by atoms with Crippen LogP contribution < -0.4 is 20.9 Å². The molecule has 0 spiro atoms. The molecule has 0 heterocycles. The van der Waals surface area contributed by atoms with E-state index < -0.39 is 5.97 Å². The summed E-state index contributed by atoms with van der Waals surface area (Å²) in [5, 5.41) is 0. The molecule has 1 aliphatic carbocycles. The number of carbonyl (C=O) groups excluding carboxylic acids is 2. The van der Waals surface area contributed by atoms with Gasteiger partial charge in [-0.25, -0.2) is 4.79 Å². The molecule has 4 aromatic rings. The Balaban J connectivity index is 1.11. The lowest BCUT2D eigenvalue weighted by atomic mass is 9.78. The second kappa shape index (κ2) is 13.9. The zero-order chi connectivity index (χ0) is 30.2. The van der Waals surface area contributed by atoms with Gasteiger partial charge in [-0.3, -0.25) is 4.79 Å². The first-order chi connectivity index (χ1) is 20.9. The van der Waals surface area contributed by atoms with Gasteiger partial charge in [0.15, 0.2) is 5.78 Å². The molecule has 6 nitrogen and oxygen atoms in total. The lowest BCUT2D eigenvalue weighted by Gasteiger charge is -2.28. The smallest absolute Gasteiger partial charge is 0.343 e. The Kier molecular flexibility index (Phi) is 9.57. The molecule has 1 fully saturated rings. The number of nitrogen functional groups attached to an aromatic ring is 2. The van der Waals surface area contributed by atoms with E-state index in [0.29, 0.717) is 46.5 Å². The van der Waals surface area contributed by atoms with Crippen LogP contribution >= 0.6 is 0 Å². The SMILES string of the molecule is CCC1CCC(c2ccc(OC(=O)c3ccc(C(=O)/C=C/c4ccc(OCc5cc(N)cc(N)c5)cc4)cc3)cc2)CC1. The van der Waals surface area contributed by atoms with Crippen LogP contribution in [0.25, 0.3) is 6.08 Å². The van der Waals surface area contributed by atoms with Gasteiger partial charge in [0.25, 0.3) is 0 Å². The van der Waals surface area contributed by atoms with Crippen LogP contribution in [0.2, 0.25) is 0 Å². The van der Waals surface area contributed by atoms with Crippen LogP contribution in [0.4, 0.5) is 11.4 Å². The number of hydrogen-bond acceptors (Lipinski definition) is 6. The number of anilines is 2. The number of carbonyl (C=O) groups is 2. The van der Waals surface area contributed by atoms with Crippen molar-refractivity contribution in [1.29, 1.82) is 0 Å². The molecular weight excluding hydrogens is 536 g/mol. The highest BCUT2D eigenvalue weighted by atomic mass is 16.5. The summed E-state index contributed by atoms with van der Waals surface area (Å²) < 4.78 is 11.4. The summed E-state index contributed by atoms with van der Waals surface area (Å²) in [6, 6.07) is 27.2. The molecule has 4 aromatic carbocycles. The fourth-order valence-electron chi connectivity index (χ4n) is 5.59. The number of benzene rings is 4. The third-order valence-electron chi connectivity index (χ3n) is 8.14. The molecule has 4 N–H and O–H groups in total. The van der Waals surface area contributed by atoms with Gasteiger partial charge in [-0.15, -0.1) is 0 Å². The monoisotopic (exact) mass is 574 g/mol. The highest BCUT2D eigenvalue weighted by molar-refractivity contribution is 6.07. The van der Waals surface area contributed by atoms with Crippen LogP contribution in [0.1, 0.15) is 82.4 Å². The maximum Gasteiger partial charge on any atom is 0.343 e. The minimum atomic E-state index is -0.452. The normalized spacial score (nSPS) is 16.6. The molecular formula is C37H38N2O4. The van der Waals surface area contributed by atoms with Crippen molar-refractivity contribution in [2.45, 2.75) is 51.6 Å². The molecule has 220 valence electrons. The third-order valence-corrected chi connectivity index (χ3v) is 8.14. The lowest BCUT2D eigenvalue weighted by molar-refractivity contribution is 0.0734. The fraction of sp³-hybridized carbons (Fsp3) is 0.243. The first-order valence-electron chi connectivity index (χ1n) is 14.9. The third kappa shape index (κ3) is 8.13. The maximum absolute atomic E-state index is 12.7. The molecule has 0 atom stereocenters. The summed E-state index contributed by atoms with van der Waals surface area (Å²) >= 11 is 0. The van der Waals surface area contributed by atoms with Crippen LogP contribution in [0.5, 0.6) is 11.5 Å². The molecule has 1 aliphatic rings. The Morgan fingerprint density at radius 2 is 1.37 bits per heavy atom. The van der Waals surface area contributed by atoms with Crippen molar-refractivity contribution in [2.75, 3.05) is 11.5 Å². The summed E-state index contributed by atoms with van der Waals surface area (Å²) in [6.45, 7) is 2.62. The number of hydrogen-bond donors (Lipinski definition) is 2. The zero-order valence-corrected chi connectivity index (χ0v) is 24.5. The van der Waals surface area contributed by atoms with E-state index in [-0.39, 0.29) is 5.78 Å². The van der Waals surface area contributed by atoms with Crippen molar-refractivity contribution >= 4 is 29.2 Å². The Labute approximate surface area is 253 Å². The minimum Gasteiger partial charge on any atom is -0.489 e. The average Bonchev–Trinajstić information content (AvgIpc) is 3.03. The van der Waals surface area contributed by atoms with Crippen molar-refractivity contribution in [3.05, 3.63) is 125 Å². The van der Waals surface area contributed by atoms with Gasteiger partial charge >= 0.3 is 5.97 Å². The van der Waals surface area contributed by atoms with Gasteiger partial charge in [0, 0.05) is 16.9 Å². The molecule has 0 aromatic heterocycles. The maximum atomic E-state index is 12.7. The van der Waals surface area contributed by atoms with Gasteiger partial charge in [-0.05, 0) is 115 Å². The second-order valence-corrected chi connectivity index (χ2v) is 11.2. The van der Waals surface area contributed by atoms with E-state index in [1.165, 1.54) is 43.7 Å². The summed E-state index contributed by atoms with van der Waals surface area (Å²) in [5.74, 6) is 2.05. The molecule has 1 saturated carbocycles. The summed E-state index contributed by atoms with van der Waals surface area (Å²) in [5.41, 5.74) is 16.8. The average molecular weight is 575 g/mol. The Bertz CT molecular complexity index is 1550. The van der Waals surface area contributed by atoms with E-state index in [1.54, 1.807) is 36.4 Å². The van der Waals surface area contributed by atoms with Crippen LogP contribution in [0, 0.1) is 5.92 Å². The predicted molar refractivity (Wildman–Crippen MR) is 172 cm³/mol. The van der Waals surface area contributed by atoms with Crippen molar-refractivity contribution in [3.63, 3.8) is 0 Å². The van der Waals surface area contributed by atoms with Gasteiger partial charge in [0.1, 0.15) is 18.1 Å². The van der Waals surface area contributed by atoms with E-state index in [0.717, 1.165) is 17.0 Å². The van der Waals surface area contributed by atoms with E-state index in [9.17, 15) is 9.59 Å². The highest BCUT2D eigenvalue weighted by Crippen LogP contribution is 2.37. The van der Waals surface area contributed by atoms with Crippen LogP contribution in [-0.4, -0.2) is 11.8 Å². The molecule has 43 heavy (non-hydrogen) atoms. The quantitative estimate of drug-likeness (QED) is 0.0650. The molecule has 0 saturated heterocycles. The highest BCUT2D eigenvalue weighted by Gasteiger charge is 2.21. The van der Waals surface area contributed by atoms with Gasteiger partial charge in [-0.1, -0.05) is 55.8 Å². The van der Waals surface area contributed by atoms with Crippen LogP contribution in [0.3, 0.4) is 0 Å².